The molecule has 2 nitrogen and oxygen atoms in total. The van der Waals surface area contributed by atoms with E-state index in [9.17, 15) is 0 Å². The molecule has 0 unspecified atom stereocenters. The molecule has 0 bridgehead atoms. The van der Waals surface area contributed by atoms with Gasteiger partial charge in [0.05, 0.1) is 14.8 Å². The van der Waals surface area contributed by atoms with Crippen molar-refractivity contribution in [3.8, 4) is 11.4 Å². The fourth-order valence-corrected chi connectivity index (χ4v) is 2.79. The average molecular weight is 338 g/mol. The summed E-state index contributed by atoms with van der Waals surface area (Å²) in [5.74, 6) is 0. The molecule has 16 heavy (non-hydrogen) atoms. The summed E-state index contributed by atoms with van der Waals surface area (Å²) >= 11 is 6.96. The Morgan fingerprint density at radius 2 is 1.38 bits per heavy atom. The quantitative estimate of drug-likeness (QED) is 0.620. The highest BCUT2D eigenvalue weighted by Crippen LogP contribution is 2.45. The molecule has 1 aliphatic rings. The van der Waals surface area contributed by atoms with Crippen LogP contribution in [-0.2, 0) is 0 Å². The van der Waals surface area contributed by atoms with Gasteiger partial charge in [-0.25, -0.2) is 0 Å². The molecule has 0 aliphatic heterocycles. The molecule has 0 spiro atoms. The van der Waals surface area contributed by atoms with Crippen molar-refractivity contribution in [2.45, 2.75) is 0 Å². The van der Waals surface area contributed by atoms with Crippen molar-refractivity contribution in [2.75, 3.05) is 0 Å². The van der Waals surface area contributed by atoms with Crippen LogP contribution in [0.25, 0.3) is 17.0 Å². The molecule has 0 saturated heterocycles. The Morgan fingerprint density at radius 1 is 0.875 bits per heavy atom. The summed E-state index contributed by atoms with van der Waals surface area (Å²) in [5.41, 5.74) is 5.24. The third-order valence-electron chi connectivity index (χ3n) is 2.57. The molecule has 3 rings (SSSR count). The van der Waals surface area contributed by atoms with Crippen LogP contribution in [0.2, 0.25) is 0 Å². The van der Waals surface area contributed by atoms with Crippen LogP contribution in [0.5, 0.6) is 0 Å². The Morgan fingerprint density at radius 3 is 1.81 bits per heavy atom. The van der Waals surface area contributed by atoms with Crippen LogP contribution in [-0.4, -0.2) is 9.97 Å². The number of rotatable bonds is 0. The predicted octanol–water partition coefficient (Wildman–Crippen LogP) is 3.96. The largest absolute Gasteiger partial charge is 0.254 e. The Bertz CT molecular complexity index is 554. The summed E-state index contributed by atoms with van der Waals surface area (Å²) in [6.45, 7) is 0. The number of nitrogens with zero attached hydrogens (tertiary/aromatic N) is 2. The number of aromatic nitrogens is 2. The van der Waals surface area contributed by atoms with Crippen molar-refractivity contribution < 1.29 is 0 Å². The lowest BCUT2D eigenvalue weighted by atomic mass is 10.1. The molecule has 0 fully saturated rings. The summed E-state index contributed by atoms with van der Waals surface area (Å²) in [5, 5.41) is 0. The van der Waals surface area contributed by atoms with Gasteiger partial charge in [-0.1, -0.05) is 12.1 Å². The molecule has 2 aromatic rings. The molecule has 0 radical (unpaired) electrons. The van der Waals surface area contributed by atoms with E-state index in [1.165, 1.54) is 0 Å². The topological polar surface area (TPSA) is 25.8 Å². The molecule has 2 heterocycles. The summed E-state index contributed by atoms with van der Waals surface area (Å²) in [4.78, 5) is 8.79. The van der Waals surface area contributed by atoms with E-state index in [2.05, 4.69) is 54.0 Å². The average Bonchev–Trinajstić information content (AvgIpc) is 2.63. The third-order valence-corrected chi connectivity index (χ3v) is 3.36. The van der Waals surface area contributed by atoms with Crippen LogP contribution < -0.4 is 0 Å². The number of halogens is 2. The zero-order chi connectivity index (χ0) is 11.1. The minimum atomic E-state index is 0.931. The SMILES string of the molecule is BrC(Br)=C1c2cccnc2-c2ncccc21. The van der Waals surface area contributed by atoms with Crippen molar-refractivity contribution in [3.05, 3.63) is 51.2 Å². The van der Waals surface area contributed by atoms with Gasteiger partial charge in [0.25, 0.3) is 0 Å². The maximum absolute atomic E-state index is 4.39. The predicted molar refractivity (Wildman–Crippen MR) is 71.3 cm³/mol. The van der Waals surface area contributed by atoms with E-state index in [4.69, 9.17) is 0 Å². The minimum absolute atomic E-state index is 0.931. The van der Waals surface area contributed by atoms with Crippen molar-refractivity contribution >= 4 is 37.4 Å². The van der Waals surface area contributed by atoms with Crippen LogP contribution in [0.4, 0.5) is 0 Å². The lowest BCUT2D eigenvalue weighted by Gasteiger charge is -2.00. The van der Waals surface area contributed by atoms with Gasteiger partial charge in [-0.05, 0) is 44.0 Å². The van der Waals surface area contributed by atoms with Crippen LogP contribution >= 0.6 is 31.9 Å². The highest BCUT2D eigenvalue weighted by Gasteiger charge is 2.26. The first-order valence-corrected chi connectivity index (χ1v) is 6.34. The third kappa shape index (κ3) is 1.37. The Kier molecular flexibility index (Phi) is 2.41. The molecule has 0 N–H and O–H groups in total. The van der Waals surface area contributed by atoms with Gasteiger partial charge in [-0.2, -0.15) is 0 Å². The fourth-order valence-electron chi connectivity index (χ4n) is 1.94. The Labute approximate surface area is 110 Å². The van der Waals surface area contributed by atoms with E-state index < -0.39 is 0 Å². The number of fused-ring (bicyclic) bond motifs is 3. The van der Waals surface area contributed by atoms with Gasteiger partial charge in [-0.15, -0.1) is 0 Å². The lowest BCUT2D eigenvalue weighted by Crippen LogP contribution is -1.84. The summed E-state index contributed by atoms with van der Waals surface area (Å²) < 4.78 is 0.931. The zero-order valence-electron chi connectivity index (χ0n) is 8.11. The van der Waals surface area contributed by atoms with Crippen LogP contribution in [0.15, 0.2) is 40.1 Å². The fraction of sp³-hybridized carbons (Fsp3) is 0. The second-order valence-electron chi connectivity index (χ2n) is 3.43. The van der Waals surface area contributed by atoms with Crippen molar-refractivity contribution in [1.82, 2.24) is 9.97 Å². The van der Waals surface area contributed by atoms with E-state index in [0.29, 0.717) is 0 Å². The van der Waals surface area contributed by atoms with Crippen molar-refractivity contribution in [3.63, 3.8) is 0 Å². The molecular formula is C12H6Br2N2. The van der Waals surface area contributed by atoms with Gasteiger partial charge in [0.15, 0.2) is 0 Å². The molecule has 1 aliphatic carbocycles. The van der Waals surface area contributed by atoms with Gasteiger partial charge in [0.2, 0.25) is 0 Å². The highest BCUT2D eigenvalue weighted by molar-refractivity contribution is 9.28. The second-order valence-corrected chi connectivity index (χ2v) is 6.08. The zero-order valence-corrected chi connectivity index (χ0v) is 11.3. The molecule has 78 valence electrons. The molecule has 2 aromatic heterocycles. The van der Waals surface area contributed by atoms with Gasteiger partial charge >= 0.3 is 0 Å². The van der Waals surface area contributed by atoms with E-state index in [1.807, 2.05) is 12.1 Å². The summed E-state index contributed by atoms with van der Waals surface area (Å²) in [7, 11) is 0. The first-order valence-electron chi connectivity index (χ1n) is 4.75. The van der Waals surface area contributed by atoms with E-state index in [1.54, 1.807) is 12.4 Å². The standard InChI is InChI=1S/C12H6Br2N2/c13-12(14)9-7-3-1-5-15-10(7)11-8(9)4-2-6-16-11/h1-6H. The van der Waals surface area contributed by atoms with E-state index in [0.717, 1.165) is 31.5 Å². The lowest BCUT2D eigenvalue weighted by molar-refractivity contribution is 1.26. The monoisotopic (exact) mass is 336 g/mol. The second kappa shape index (κ2) is 3.79. The first kappa shape index (κ1) is 10.2. The number of hydrogen-bond acceptors (Lipinski definition) is 2. The summed E-state index contributed by atoms with van der Waals surface area (Å²) in [6.07, 6.45) is 3.59. The Hall–Kier alpha value is -1.00. The summed E-state index contributed by atoms with van der Waals surface area (Å²) in [6, 6.07) is 7.99. The normalized spacial score (nSPS) is 12.2. The Balaban J connectivity index is 2.44. The highest BCUT2D eigenvalue weighted by atomic mass is 79.9. The molecule has 0 amide bonds. The van der Waals surface area contributed by atoms with Gasteiger partial charge in [-0.3, -0.25) is 9.97 Å². The van der Waals surface area contributed by atoms with Crippen molar-refractivity contribution in [1.29, 1.82) is 0 Å². The van der Waals surface area contributed by atoms with Crippen LogP contribution in [0.1, 0.15) is 11.1 Å². The van der Waals surface area contributed by atoms with Gasteiger partial charge in [0, 0.05) is 29.1 Å². The van der Waals surface area contributed by atoms with Crippen LogP contribution in [0, 0.1) is 0 Å². The minimum Gasteiger partial charge on any atom is -0.254 e. The van der Waals surface area contributed by atoms with E-state index in [-0.39, 0.29) is 0 Å². The van der Waals surface area contributed by atoms with Crippen LogP contribution in [0.3, 0.4) is 0 Å². The number of pyridine rings is 2. The first-order chi connectivity index (χ1) is 7.79. The molecule has 0 aromatic carbocycles. The number of hydrogen-bond donors (Lipinski definition) is 0. The molecule has 4 heteroatoms. The van der Waals surface area contributed by atoms with E-state index >= 15 is 0 Å². The van der Waals surface area contributed by atoms with Gasteiger partial charge < -0.3 is 0 Å². The molecular weight excluding hydrogens is 332 g/mol. The smallest absolute Gasteiger partial charge is 0.0971 e. The van der Waals surface area contributed by atoms with Gasteiger partial charge in [0.1, 0.15) is 0 Å². The maximum Gasteiger partial charge on any atom is 0.0971 e. The van der Waals surface area contributed by atoms with Crippen molar-refractivity contribution in [2.24, 2.45) is 0 Å². The maximum atomic E-state index is 4.39. The molecule has 0 atom stereocenters. The molecule has 0 saturated carbocycles.